The van der Waals surface area contributed by atoms with Crippen molar-refractivity contribution in [3.8, 4) is 0 Å². The van der Waals surface area contributed by atoms with E-state index in [0.29, 0.717) is 23.0 Å². The van der Waals surface area contributed by atoms with Gasteiger partial charge in [0.05, 0.1) is 10.0 Å². The molecule has 3 nitrogen and oxygen atoms in total. The summed E-state index contributed by atoms with van der Waals surface area (Å²) in [5.74, 6) is 0.123. The summed E-state index contributed by atoms with van der Waals surface area (Å²) in [5.41, 5.74) is 6.63. The van der Waals surface area contributed by atoms with Crippen molar-refractivity contribution in [2.45, 2.75) is 32.2 Å². The molecule has 5 heteroatoms. The molecule has 0 saturated carbocycles. The Morgan fingerprint density at radius 2 is 2.05 bits per heavy atom. The highest BCUT2D eigenvalue weighted by atomic mass is 35.5. The lowest BCUT2D eigenvalue weighted by Crippen LogP contribution is -2.39. The monoisotopic (exact) mass is 302 g/mol. The SMILES string of the molecule is CC(CN)N(C)C(=O)CCCc1ccc(Cl)c(Cl)c1. The van der Waals surface area contributed by atoms with Crippen LogP contribution in [0.15, 0.2) is 18.2 Å². The Hall–Kier alpha value is -0.770. The van der Waals surface area contributed by atoms with Crippen LogP contribution in [-0.4, -0.2) is 30.4 Å². The van der Waals surface area contributed by atoms with Crippen molar-refractivity contribution < 1.29 is 4.79 Å². The van der Waals surface area contributed by atoms with Gasteiger partial charge in [0.2, 0.25) is 5.91 Å². The van der Waals surface area contributed by atoms with Crippen LogP contribution in [0, 0.1) is 0 Å². The van der Waals surface area contributed by atoms with Gasteiger partial charge in [0, 0.05) is 26.1 Å². The first-order chi connectivity index (χ1) is 8.95. The Balaban J connectivity index is 2.41. The fourth-order valence-electron chi connectivity index (χ4n) is 1.72. The molecule has 1 atom stereocenters. The van der Waals surface area contributed by atoms with E-state index in [2.05, 4.69) is 0 Å². The highest BCUT2D eigenvalue weighted by Crippen LogP contribution is 2.23. The summed E-state index contributed by atoms with van der Waals surface area (Å²) in [4.78, 5) is 13.6. The molecule has 106 valence electrons. The standard InChI is InChI=1S/C14H20Cl2N2O/c1-10(9-17)18(2)14(19)5-3-4-11-6-7-12(15)13(16)8-11/h6-8,10H,3-5,9,17H2,1-2H3. The zero-order valence-electron chi connectivity index (χ0n) is 11.3. The van der Waals surface area contributed by atoms with E-state index < -0.39 is 0 Å². The number of hydrogen-bond acceptors (Lipinski definition) is 2. The number of carbonyl (C=O) groups excluding carboxylic acids is 1. The number of amides is 1. The fourth-order valence-corrected chi connectivity index (χ4v) is 2.04. The van der Waals surface area contributed by atoms with E-state index in [4.69, 9.17) is 28.9 Å². The zero-order valence-corrected chi connectivity index (χ0v) is 12.8. The third kappa shape index (κ3) is 5.01. The number of likely N-dealkylation sites (N-methyl/N-ethyl adjacent to an activating group) is 1. The first-order valence-corrected chi connectivity index (χ1v) is 7.11. The summed E-state index contributed by atoms with van der Waals surface area (Å²) in [6.07, 6.45) is 2.12. The van der Waals surface area contributed by atoms with Gasteiger partial charge < -0.3 is 10.6 Å². The van der Waals surface area contributed by atoms with E-state index in [1.807, 2.05) is 19.1 Å². The summed E-state index contributed by atoms with van der Waals surface area (Å²) >= 11 is 11.8. The molecule has 0 aromatic heterocycles. The molecule has 0 saturated heterocycles. The third-order valence-corrected chi connectivity index (χ3v) is 3.97. The van der Waals surface area contributed by atoms with Crippen LogP contribution in [-0.2, 0) is 11.2 Å². The van der Waals surface area contributed by atoms with E-state index >= 15 is 0 Å². The normalized spacial score (nSPS) is 12.3. The minimum absolute atomic E-state index is 0.0810. The van der Waals surface area contributed by atoms with Crippen LogP contribution in [0.3, 0.4) is 0 Å². The molecule has 0 bridgehead atoms. The number of benzene rings is 1. The first-order valence-electron chi connectivity index (χ1n) is 6.35. The number of nitrogens with two attached hydrogens (primary N) is 1. The molecule has 0 aliphatic carbocycles. The van der Waals surface area contributed by atoms with Crippen LogP contribution < -0.4 is 5.73 Å². The van der Waals surface area contributed by atoms with Gasteiger partial charge in [-0.15, -0.1) is 0 Å². The van der Waals surface area contributed by atoms with Crippen LogP contribution in [0.25, 0.3) is 0 Å². The third-order valence-electron chi connectivity index (χ3n) is 3.24. The molecule has 1 amide bonds. The summed E-state index contributed by atoms with van der Waals surface area (Å²) in [6, 6.07) is 5.65. The Morgan fingerprint density at radius 3 is 2.63 bits per heavy atom. The Labute approximate surface area is 124 Å². The smallest absolute Gasteiger partial charge is 0.222 e. The number of aryl methyl sites for hydroxylation is 1. The van der Waals surface area contributed by atoms with Crippen molar-refractivity contribution >= 4 is 29.1 Å². The molecule has 19 heavy (non-hydrogen) atoms. The van der Waals surface area contributed by atoms with Crippen molar-refractivity contribution in [3.63, 3.8) is 0 Å². The molecule has 1 aromatic rings. The van der Waals surface area contributed by atoms with Gasteiger partial charge in [-0.3, -0.25) is 4.79 Å². The van der Waals surface area contributed by atoms with E-state index in [9.17, 15) is 4.79 Å². The molecule has 1 rings (SSSR count). The van der Waals surface area contributed by atoms with Crippen LogP contribution in [0.4, 0.5) is 0 Å². The molecule has 2 N–H and O–H groups in total. The van der Waals surface area contributed by atoms with E-state index in [-0.39, 0.29) is 11.9 Å². The minimum atomic E-state index is 0.0810. The van der Waals surface area contributed by atoms with Crippen LogP contribution in [0.1, 0.15) is 25.3 Å². The van der Waals surface area contributed by atoms with Gasteiger partial charge in [0.1, 0.15) is 0 Å². The molecule has 0 aliphatic heterocycles. The lowest BCUT2D eigenvalue weighted by molar-refractivity contribution is -0.131. The predicted molar refractivity (Wildman–Crippen MR) is 80.7 cm³/mol. The van der Waals surface area contributed by atoms with E-state index in [0.717, 1.165) is 18.4 Å². The lowest BCUT2D eigenvalue weighted by atomic mass is 10.1. The Bertz CT molecular complexity index is 437. The first kappa shape index (κ1) is 16.3. The van der Waals surface area contributed by atoms with E-state index in [1.165, 1.54) is 0 Å². The number of rotatable bonds is 6. The average Bonchev–Trinajstić information content (AvgIpc) is 2.40. The minimum Gasteiger partial charge on any atom is -0.342 e. The molecule has 0 spiro atoms. The quantitative estimate of drug-likeness (QED) is 0.877. The highest BCUT2D eigenvalue weighted by Gasteiger charge is 2.13. The molecule has 1 aromatic carbocycles. The maximum atomic E-state index is 11.9. The van der Waals surface area contributed by atoms with Crippen molar-refractivity contribution in [3.05, 3.63) is 33.8 Å². The number of nitrogens with zero attached hydrogens (tertiary/aromatic N) is 1. The summed E-state index contributed by atoms with van der Waals surface area (Å²) < 4.78 is 0. The van der Waals surface area contributed by atoms with Gasteiger partial charge in [-0.1, -0.05) is 29.3 Å². The maximum absolute atomic E-state index is 11.9. The topological polar surface area (TPSA) is 46.3 Å². The maximum Gasteiger partial charge on any atom is 0.222 e. The van der Waals surface area contributed by atoms with Gasteiger partial charge in [-0.05, 0) is 37.5 Å². The second-order valence-corrected chi connectivity index (χ2v) is 5.51. The summed E-state index contributed by atoms with van der Waals surface area (Å²) in [7, 11) is 1.79. The molecular weight excluding hydrogens is 283 g/mol. The second-order valence-electron chi connectivity index (χ2n) is 4.69. The largest absolute Gasteiger partial charge is 0.342 e. The summed E-state index contributed by atoms with van der Waals surface area (Å²) in [6.45, 7) is 2.42. The van der Waals surface area contributed by atoms with Crippen LogP contribution >= 0.6 is 23.2 Å². The van der Waals surface area contributed by atoms with Crippen molar-refractivity contribution in [2.24, 2.45) is 5.73 Å². The average molecular weight is 303 g/mol. The van der Waals surface area contributed by atoms with Crippen molar-refractivity contribution in [1.82, 2.24) is 4.90 Å². The van der Waals surface area contributed by atoms with Crippen LogP contribution in [0.2, 0.25) is 10.0 Å². The number of carbonyl (C=O) groups is 1. The van der Waals surface area contributed by atoms with Gasteiger partial charge >= 0.3 is 0 Å². The van der Waals surface area contributed by atoms with Crippen molar-refractivity contribution in [2.75, 3.05) is 13.6 Å². The molecule has 0 aliphatic rings. The van der Waals surface area contributed by atoms with Crippen molar-refractivity contribution in [1.29, 1.82) is 0 Å². The Kier molecular flexibility index (Phi) is 6.63. The van der Waals surface area contributed by atoms with Gasteiger partial charge in [0.25, 0.3) is 0 Å². The highest BCUT2D eigenvalue weighted by molar-refractivity contribution is 6.42. The lowest BCUT2D eigenvalue weighted by Gasteiger charge is -2.23. The number of halogens is 2. The van der Waals surface area contributed by atoms with Gasteiger partial charge in [-0.25, -0.2) is 0 Å². The zero-order chi connectivity index (χ0) is 14.4. The predicted octanol–water partition coefficient (Wildman–Crippen LogP) is 3.12. The Morgan fingerprint density at radius 1 is 1.37 bits per heavy atom. The second kappa shape index (κ2) is 7.73. The molecule has 1 unspecified atom stereocenters. The molecular formula is C14H20Cl2N2O. The van der Waals surface area contributed by atoms with E-state index in [1.54, 1.807) is 18.0 Å². The van der Waals surface area contributed by atoms with Gasteiger partial charge in [0.15, 0.2) is 0 Å². The molecule has 0 heterocycles. The fraction of sp³-hybridized carbons (Fsp3) is 0.500. The van der Waals surface area contributed by atoms with Crippen LogP contribution in [0.5, 0.6) is 0 Å². The molecule has 0 fully saturated rings. The summed E-state index contributed by atoms with van der Waals surface area (Å²) in [5, 5.41) is 1.11. The number of hydrogen-bond donors (Lipinski definition) is 1. The van der Waals surface area contributed by atoms with Gasteiger partial charge in [-0.2, -0.15) is 0 Å². The molecule has 0 radical (unpaired) electrons.